The Morgan fingerprint density at radius 2 is 1.92 bits per heavy atom. The molecule has 0 unspecified atom stereocenters. The minimum Gasteiger partial charge on any atom is -0.497 e. The van der Waals surface area contributed by atoms with E-state index in [2.05, 4.69) is 0 Å². The van der Waals surface area contributed by atoms with Gasteiger partial charge in [0.05, 0.1) is 14.2 Å². The molecule has 0 spiro atoms. The van der Waals surface area contributed by atoms with Gasteiger partial charge >= 0.3 is 0 Å². The molecule has 2 rings (SSSR count). The molecule has 1 aromatic rings. The lowest BCUT2D eigenvalue weighted by Crippen LogP contribution is -2.44. The van der Waals surface area contributed by atoms with Crippen LogP contribution in [0, 0.1) is 0 Å². The number of hydrazine groups is 1. The van der Waals surface area contributed by atoms with Crippen LogP contribution in [-0.2, 0) is 9.59 Å². The van der Waals surface area contributed by atoms with E-state index in [1.165, 1.54) is 11.1 Å². The summed E-state index contributed by atoms with van der Waals surface area (Å²) in [5, 5.41) is 3.07. The van der Waals surface area contributed by atoms with E-state index in [1.54, 1.807) is 43.5 Å². The van der Waals surface area contributed by atoms with E-state index in [0.717, 1.165) is 18.4 Å². The lowest BCUT2D eigenvalue weighted by Gasteiger charge is -2.26. The van der Waals surface area contributed by atoms with Crippen molar-refractivity contribution in [3.05, 3.63) is 29.8 Å². The van der Waals surface area contributed by atoms with Crippen molar-refractivity contribution < 1.29 is 19.1 Å². The summed E-state index contributed by atoms with van der Waals surface area (Å²) in [4.78, 5) is 24.6. The second-order valence-corrected chi connectivity index (χ2v) is 5.52. The number of carbonyl (C=O) groups excluding carboxylic acids is 2. The second-order valence-electron chi connectivity index (χ2n) is 5.52. The summed E-state index contributed by atoms with van der Waals surface area (Å²) in [5.41, 5.74) is 0.746. The minimum atomic E-state index is -0.207. The largest absolute Gasteiger partial charge is 0.497 e. The Labute approximate surface area is 142 Å². The quantitative estimate of drug-likeness (QED) is 0.751. The van der Waals surface area contributed by atoms with Crippen LogP contribution in [0.25, 0.3) is 6.08 Å². The number of methoxy groups -OCH3 is 2. The molecule has 6 heteroatoms. The van der Waals surface area contributed by atoms with Crippen molar-refractivity contribution in [3.8, 4) is 11.5 Å². The first-order valence-corrected chi connectivity index (χ1v) is 8.12. The monoisotopic (exact) mass is 332 g/mol. The zero-order chi connectivity index (χ0) is 17.5. The van der Waals surface area contributed by atoms with E-state index in [4.69, 9.17) is 9.47 Å². The average molecular weight is 332 g/mol. The van der Waals surface area contributed by atoms with Gasteiger partial charge in [-0.2, -0.15) is 0 Å². The molecule has 0 bridgehead atoms. The Bertz CT molecular complexity index is 627. The number of hydrogen-bond donors (Lipinski definition) is 0. The normalized spacial score (nSPS) is 14.3. The fourth-order valence-electron chi connectivity index (χ4n) is 2.66. The van der Waals surface area contributed by atoms with Gasteiger partial charge in [-0.1, -0.05) is 6.92 Å². The summed E-state index contributed by atoms with van der Waals surface area (Å²) in [6.45, 7) is 3.11. The van der Waals surface area contributed by atoms with Gasteiger partial charge in [-0.15, -0.1) is 0 Å². The number of nitrogens with zero attached hydrogens (tertiary/aromatic N) is 2. The van der Waals surface area contributed by atoms with E-state index in [1.807, 2.05) is 6.92 Å². The highest BCUT2D eigenvalue weighted by molar-refractivity contribution is 5.93. The number of carbonyl (C=O) groups is 2. The van der Waals surface area contributed by atoms with Gasteiger partial charge in [-0.25, -0.2) is 5.01 Å². The molecule has 1 aliphatic heterocycles. The molecule has 0 saturated carbocycles. The van der Waals surface area contributed by atoms with Gasteiger partial charge in [0, 0.05) is 31.1 Å². The van der Waals surface area contributed by atoms with E-state index in [9.17, 15) is 9.59 Å². The van der Waals surface area contributed by atoms with E-state index in [-0.39, 0.29) is 11.8 Å². The highest BCUT2D eigenvalue weighted by Gasteiger charge is 2.28. The first-order chi connectivity index (χ1) is 11.6. The van der Waals surface area contributed by atoms with E-state index < -0.39 is 0 Å². The molecular weight excluding hydrogens is 308 g/mol. The van der Waals surface area contributed by atoms with Crippen LogP contribution in [0.2, 0.25) is 0 Å². The highest BCUT2D eigenvalue weighted by Crippen LogP contribution is 2.25. The van der Waals surface area contributed by atoms with Crippen molar-refractivity contribution in [1.82, 2.24) is 10.0 Å². The number of rotatable bonds is 6. The maximum absolute atomic E-state index is 12.5. The topological polar surface area (TPSA) is 59.1 Å². The van der Waals surface area contributed by atoms with Gasteiger partial charge in [0.1, 0.15) is 11.5 Å². The summed E-state index contributed by atoms with van der Waals surface area (Å²) in [6.07, 6.45) is 5.18. The van der Waals surface area contributed by atoms with Crippen LogP contribution in [0.4, 0.5) is 0 Å². The highest BCUT2D eigenvalue weighted by atomic mass is 16.5. The molecule has 0 aliphatic carbocycles. The number of benzene rings is 1. The molecular formula is C18H24N2O4. The number of hydrogen-bond acceptors (Lipinski definition) is 4. The summed E-state index contributed by atoms with van der Waals surface area (Å²) in [6, 6.07) is 5.38. The van der Waals surface area contributed by atoms with Gasteiger partial charge in [-0.3, -0.25) is 14.6 Å². The molecule has 1 heterocycles. The molecule has 1 saturated heterocycles. The van der Waals surface area contributed by atoms with Crippen molar-refractivity contribution >= 4 is 17.9 Å². The third-order valence-corrected chi connectivity index (χ3v) is 3.88. The maximum atomic E-state index is 12.5. The molecule has 2 amide bonds. The molecule has 6 nitrogen and oxygen atoms in total. The summed E-state index contributed by atoms with van der Waals surface area (Å²) in [5.74, 6) is 1.13. The smallest absolute Gasteiger partial charge is 0.265 e. The molecule has 24 heavy (non-hydrogen) atoms. The fourth-order valence-corrected chi connectivity index (χ4v) is 2.66. The third kappa shape index (κ3) is 4.07. The van der Waals surface area contributed by atoms with Crippen LogP contribution in [0.15, 0.2) is 24.3 Å². The lowest BCUT2D eigenvalue weighted by atomic mass is 10.1. The van der Waals surface area contributed by atoms with E-state index >= 15 is 0 Å². The molecule has 0 aromatic heterocycles. The van der Waals surface area contributed by atoms with Gasteiger partial charge in [-0.05, 0) is 37.1 Å². The van der Waals surface area contributed by atoms with Gasteiger partial charge < -0.3 is 9.47 Å². The Morgan fingerprint density at radius 3 is 2.58 bits per heavy atom. The van der Waals surface area contributed by atoms with Crippen molar-refractivity contribution in [2.24, 2.45) is 0 Å². The Balaban J connectivity index is 2.13. The molecule has 1 fully saturated rings. The SMILES string of the molecule is CCCC(=O)N1CCCN1C(=O)C=Cc1cc(OC)ccc1OC. The maximum Gasteiger partial charge on any atom is 0.265 e. The molecule has 0 N–H and O–H groups in total. The standard InChI is InChI=1S/C18H24N2O4/c1-4-6-17(21)19-11-5-12-20(19)18(22)10-7-14-13-15(23-2)8-9-16(14)24-3/h7-10,13H,4-6,11-12H2,1-3H3. The average Bonchev–Trinajstić information content (AvgIpc) is 3.09. The predicted molar refractivity (Wildman–Crippen MR) is 91.5 cm³/mol. The predicted octanol–water partition coefficient (Wildman–Crippen LogP) is 2.49. The van der Waals surface area contributed by atoms with Crippen molar-refractivity contribution in [2.45, 2.75) is 26.2 Å². The van der Waals surface area contributed by atoms with Gasteiger partial charge in [0.2, 0.25) is 5.91 Å². The second kappa shape index (κ2) is 8.38. The summed E-state index contributed by atoms with van der Waals surface area (Å²) >= 11 is 0. The number of ether oxygens (including phenoxy) is 2. The third-order valence-electron chi connectivity index (χ3n) is 3.88. The molecule has 0 atom stereocenters. The van der Waals surface area contributed by atoms with Crippen molar-refractivity contribution in [1.29, 1.82) is 0 Å². The minimum absolute atomic E-state index is 0.00397. The first-order valence-electron chi connectivity index (χ1n) is 8.12. The molecule has 1 aromatic carbocycles. The van der Waals surface area contributed by atoms with Crippen LogP contribution in [-0.4, -0.2) is 49.1 Å². The Kier molecular flexibility index (Phi) is 6.23. The zero-order valence-electron chi connectivity index (χ0n) is 14.4. The molecule has 130 valence electrons. The summed E-state index contributed by atoms with van der Waals surface area (Å²) in [7, 11) is 3.16. The van der Waals surface area contributed by atoms with Crippen LogP contribution in [0.3, 0.4) is 0 Å². The van der Waals surface area contributed by atoms with E-state index in [0.29, 0.717) is 31.0 Å². The van der Waals surface area contributed by atoms with Crippen LogP contribution in [0.1, 0.15) is 31.7 Å². The first kappa shape index (κ1) is 17.8. The molecule has 1 aliphatic rings. The van der Waals surface area contributed by atoms with Crippen molar-refractivity contribution in [2.75, 3.05) is 27.3 Å². The Hall–Kier alpha value is -2.50. The van der Waals surface area contributed by atoms with Crippen LogP contribution >= 0.6 is 0 Å². The Morgan fingerprint density at radius 1 is 1.17 bits per heavy atom. The number of amides is 2. The van der Waals surface area contributed by atoms with Crippen LogP contribution in [0.5, 0.6) is 11.5 Å². The summed E-state index contributed by atoms with van der Waals surface area (Å²) < 4.78 is 10.5. The zero-order valence-corrected chi connectivity index (χ0v) is 14.4. The fraction of sp³-hybridized carbons (Fsp3) is 0.444. The van der Waals surface area contributed by atoms with Gasteiger partial charge in [0.25, 0.3) is 5.91 Å². The molecule has 0 radical (unpaired) electrons. The van der Waals surface area contributed by atoms with Crippen molar-refractivity contribution in [3.63, 3.8) is 0 Å². The van der Waals surface area contributed by atoms with Crippen LogP contribution < -0.4 is 9.47 Å². The lowest BCUT2D eigenvalue weighted by molar-refractivity contribution is -0.154. The van der Waals surface area contributed by atoms with Gasteiger partial charge in [0.15, 0.2) is 0 Å².